The Balaban J connectivity index is 1.39. The van der Waals surface area contributed by atoms with E-state index in [9.17, 15) is 4.79 Å². The van der Waals surface area contributed by atoms with Gasteiger partial charge < -0.3 is 0 Å². The molecule has 0 radical (unpaired) electrons. The van der Waals surface area contributed by atoms with E-state index in [0.717, 1.165) is 17.0 Å². The molecule has 5 rings (SSSR count). The van der Waals surface area contributed by atoms with Gasteiger partial charge in [0.05, 0.1) is 0 Å². The summed E-state index contributed by atoms with van der Waals surface area (Å²) < 4.78 is 0. The Morgan fingerprint density at radius 1 is 0.857 bits per heavy atom. The first-order valence-corrected chi connectivity index (χ1v) is 10.8. The summed E-state index contributed by atoms with van der Waals surface area (Å²) in [5.41, 5.74) is 5.08. The molecule has 0 amide bonds. The van der Waals surface area contributed by atoms with Gasteiger partial charge in [-0.05, 0) is 60.0 Å². The number of rotatable bonds is 3. The molecule has 0 saturated carbocycles. The molecule has 2 heterocycles. The lowest BCUT2D eigenvalue weighted by atomic mass is 9.82. The molecule has 1 fully saturated rings. The van der Waals surface area contributed by atoms with Gasteiger partial charge in [-0.1, -0.05) is 66.7 Å². The largest absolute Gasteiger partial charge is 0.295 e. The summed E-state index contributed by atoms with van der Waals surface area (Å²) in [5, 5.41) is 0.0938. The third kappa shape index (κ3) is 3.30. The molecule has 0 aromatic heterocycles. The molecule has 0 bridgehead atoms. The van der Waals surface area contributed by atoms with E-state index in [1.165, 1.54) is 47.8 Å². The standard InChI is InChI=1S/C25H23NOS/c27-25(19-7-2-1-3-8-19)28-20-14-12-18(13-15-20)23-17-26-16-6-11-24(26)22-10-5-4-9-21(22)23/h1-5,7-10,12-15,23-24H,6,11,16-17H2/t23-,24+/m0/s1. The average molecular weight is 386 g/mol. The monoisotopic (exact) mass is 385 g/mol. The predicted octanol–water partition coefficient (Wildman–Crippen LogP) is 5.90. The Labute approximate surface area is 170 Å². The molecule has 2 aliphatic rings. The van der Waals surface area contributed by atoms with Crippen LogP contribution in [0.1, 0.15) is 51.8 Å². The van der Waals surface area contributed by atoms with Crippen LogP contribution < -0.4 is 0 Å². The first kappa shape index (κ1) is 17.7. The number of nitrogens with zero attached hydrogens (tertiary/aromatic N) is 1. The van der Waals surface area contributed by atoms with Gasteiger partial charge in [0, 0.05) is 29.0 Å². The van der Waals surface area contributed by atoms with Gasteiger partial charge in [-0.25, -0.2) is 0 Å². The second-order valence-corrected chi connectivity index (χ2v) is 8.71. The maximum Gasteiger partial charge on any atom is 0.224 e. The third-order valence-electron chi connectivity index (χ3n) is 6.01. The highest BCUT2D eigenvalue weighted by atomic mass is 32.2. The summed E-state index contributed by atoms with van der Waals surface area (Å²) in [6.45, 7) is 2.30. The SMILES string of the molecule is O=C(Sc1ccc([C@@H]2CN3CCC[C@@H]3c3ccccc32)cc1)c1ccccc1. The molecule has 0 unspecified atom stereocenters. The zero-order valence-electron chi connectivity index (χ0n) is 15.8. The summed E-state index contributed by atoms with van der Waals surface area (Å²) in [6, 6.07) is 27.6. The van der Waals surface area contributed by atoms with E-state index in [1.807, 2.05) is 30.3 Å². The molecule has 3 heteroatoms. The molecule has 2 nitrogen and oxygen atoms in total. The van der Waals surface area contributed by atoms with Crippen molar-refractivity contribution in [1.29, 1.82) is 0 Å². The van der Waals surface area contributed by atoms with Crippen molar-refractivity contribution in [2.75, 3.05) is 13.1 Å². The van der Waals surface area contributed by atoms with Crippen molar-refractivity contribution in [3.63, 3.8) is 0 Å². The normalized spacial score (nSPS) is 21.1. The molecular formula is C25H23NOS. The summed E-state index contributed by atoms with van der Waals surface area (Å²) in [6.07, 6.45) is 2.57. The minimum Gasteiger partial charge on any atom is -0.295 e. The fourth-order valence-corrected chi connectivity index (χ4v) is 5.39. The van der Waals surface area contributed by atoms with Crippen LogP contribution in [0.25, 0.3) is 0 Å². The highest BCUT2D eigenvalue weighted by Crippen LogP contribution is 2.44. The van der Waals surface area contributed by atoms with Gasteiger partial charge in [0.15, 0.2) is 0 Å². The lowest BCUT2D eigenvalue weighted by molar-refractivity contribution is 0.108. The maximum atomic E-state index is 12.4. The van der Waals surface area contributed by atoms with Crippen molar-refractivity contribution in [2.24, 2.45) is 0 Å². The van der Waals surface area contributed by atoms with Crippen molar-refractivity contribution in [3.05, 3.63) is 101 Å². The van der Waals surface area contributed by atoms with Crippen LogP contribution in [0.15, 0.2) is 83.8 Å². The highest BCUT2D eigenvalue weighted by Gasteiger charge is 2.36. The van der Waals surface area contributed by atoms with E-state index >= 15 is 0 Å². The Hall–Kier alpha value is -2.36. The van der Waals surface area contributed by atoms with Gasteiger partial charge in [-0.2, -0.15) is 0 Å². The Bertz CT molecular complexity index is 983. The van der Waals surface area contributed by atoms with Crippen LogP contribution in [0.3, 0.4) is 0 Å². The van der Waals surface area contributed by atoms with Crippen LogP contribution in [0.5, 0.6) is 0 Å². The lowest BCUT2D eigenvalue weighted by Gasteiger charge is -2.37. The van der Waals surface area contributed by atoms with Crippen LogP contribution in [-0.4, -0.2) is 23.1 Å². The number of carbonyl (C=O) groups is 1. The van der Waals surface area contributed by atoms with Crippen LogP contribution in [0.2, 0.25) is 0 Å². The van der Waals surface area contributed by atoms with Crippen LogP contribution >= 0.6 is 11.8 Å². The molecule has 0 aliphatic carbocycles. The average Bonchev–Trinajstić information content (AvgIpc) is 3.23. The number of fused-ring (bicyclic) bond motifs is 3. The minimum absolute atomic E-state index is 0.0938. The topological polar surface area (TPSA) is 20.3 Å². The van der Waals surface area contributed by atoms with Crippen molar-refractivity contribution < 1.29 is 4.79 Å². The Morgan fingerprint density at radius 3 is 2.36 bits per heavy atom. The predicted molar refractivity (Wildman–Crippen MR) is 115 cm³/mol. The molecule has 0 N–H and O–H groups in total. The van der Waals surface area contributed by atoms with E-state index < -0.39 is 0 Å². The summed E-state index contributed by atoms with van der Waals surface area (Å²) in [4.78, 5) is 16.1. The molecule has 28 heavy (non-hydrogen) atoms. The smallest absolute Gasteiger partial charge is 0.224 e. The summed E-state index contributed by atoms with van der Waals surface area (Å²) >= 11 is 1.30. The second-order valence-electron chi connectivity index (χ2n) is 7.66. The van der Waals surface area contributed by atoms with Gasteiger partial charge in [0.2, 0.25) is 5.12 Å². The van der Waals surface area contributed by atoms with Crippen molar-refractivity contribution in [3.8, 4) is 0 Å². The fourth-order valence-electron chi connectivity index (χ4n) is 4.65. The number of hydrogen-bond acceptors (Lipinski definition) is 3. The van der Waals surface area contributed by atoms with Crippen LogP contribution in [0.4, 0.5) is 0 Å². The third-order valence-corrected chi connectivity index (χ3v) is 6.94. The molecule has 140 valence electrons. The number of carbonyl (C=O) groups excluding carboxylic acids is 1. The highest BCUT2D eigenvalue weighted by molar-refractivity contribution is 8.14. The summed E-state index contributed by atoms with van der Waals surface area (Å²) in [7, 11) is 0. The molecular weight excluding hydrogens is 362 g/mol. The lowest BCUT2D eigenvalue weighted by Crippen LogP contribution is -2.34. The zero-order valence-corrected chi connectivity index (χ0v) is 16.6. The van der Waals surface area contributed by atoms with Crippen LogP contribution in [0, 0.1) is 0 Å². The number of thioether (sulfide) groups is 1. The minimum atomic E-state index is 0.0938. The fraction of sp³-hybridized carbons (Fsp3) is 0.240. The van der Waals surface area contributed by atoms with Gasteiger partial charge >= 0.3 is 0 Å². The van der Waals surface area contributed by atoms with E-state index in [1.54, 1.807) is 0 Å². The van der Waals surface area contributed by atoms with E-state index in [4.69, 9.17) is 0 Å². The number of benzene rings is 3. The molecule has 3 aromatic rings. The van der Waals surface area contributed by atoms with E-state index in [0.29, 0.717) is 12.0 Å². The maximum absolute atomic E-state index is 12.4. The zero-order chi connectivity index (χ0) is 18.9. The van der Waals surface area contributed by atoms with Crippen LogP contribution in [-0.2, 0) is 0 Å². The number of hydrogen-bond donors (Lipinski definition) is 0. The molecule has 2 atom stereocenters. The van der Waals surface area contributed by atoms with Crippen molar-refractivity contribution in [1.82, 2.24) is 4.90 Å². The first-order chi connectivity index (χ1) is 13.8. The molecule has 2 aliphatic heterocycles. The molecule has 3 aromatic carbocycles. The van der Waals surface area contributed by atoms with Crippen molar-refractivity contribution >= 4 is 16.9 Å². The summed E-state index contributed by atoms with van der Waals surface area (Å²) in [5.74, 6) is 0.412. The molecule has 1 saturated heterocycles. The van der Waals surface area contributed by atoms with Crippen molar-refractivity contribution in [2.45, 2.75) is 29.7 Å². The second kappa shape index (κ2) is 7.57. The quantitative estimate of drug-likeness (QED) is 0.523. The first-order valence-electron chi connectivity index (χ1n) is 9.99. The van der Waals surface area contributed by atoms with Gasteiger partial charge in [-0.15, -0.1) is 0 Å². The Morgan fingerprint density at radius 2 is 1.57 bits per heavy atom. The van der Waals surface area contributed by atoms with Gasteiger partial charge in [0.1, 0.15) is 0 Å². The van der Waals surface area contributed by atoms with Gasteiger partial charge in [0.25, 0.3) is 0 Å². The van der Waals surface area contributed by atoms with E-state index in [2.05, 4.69) is 53.4 Å². The van der Waals surface area contributed by atoms with E-state index in [-0.39, 0.29) is 5.12 Å². The van der Waals surface area contributed by atoms with Gasteiger partial charge in [-0.3, -0.25) is 9.69 Å². The Kier molecular flexibility index (Phi) is 4.79. The molecule has 0 spiro atoms.